The predicted octanol–water partition coefficient (Wildman–Crippen LogP) is 3.71. The van der Waals surface area contributed by atoms with Gasteiger partial charge in [0.15, 0.2) is 12.5 Å². The van der Waals surface area contributed by atoms with Crippen LogP contribution in [0.4, 0.5) is 0 Å². The number of nitrogens with one attached hydrogen (secondary N) is 1. The number of nitrogens with zero attached hydrogens (tertiary/aromatic N) is 3. The molecule has 4 rings (SSSR count). The Balaban J connectivity index is 1.70. The molecule has 7 heteroatoms. The smallest absolute Gasteiger partial charge is 0.203 e. The van der Waals surface area contributed by atoms with Crippen molar-refractivity contribution in [3.8, 4) is 17.1 Å². The molecule has 1 aromatic carbocycles. The molecule has 2 aromatic heterocycles. The Hall–Kier alpha value is -2.22. The molecule has 0 radical (unpaired) electrons. The lowest BCUT2D eigenvalue weighted by Gasteiger charge is -2.20. The Labute approximate surface area is 174 Å². The third-order valence-electron chi connectivity index (χ3n) is 5.31. The molecule has 0 spiro atoms. The average Bonchev–Trinajstić information content (AvgIpc) is 3.45. The maximum absolute atomic E-state index is 5.80. The molecule has 146 valence electrons. The Bertz CT molecular complexity index is 1010. The third-order valence-corrected chi connectivity index (χ3v) is 6.72. The number of thiophene rings is 1. The summed E-state index contributed by atoms with van der Waals surface area (Å²) in [6.07, 6.45) is 4.31. The van der Waals surface area contributed by atoms with Crippen molar-refractivity contribution in [3.05, 3.63) is 64.1 Å². The highest BCUT2D eigenvalue weighted by Crippen LogP contribution is 2.29. The lowest BCUT2D eigenvalue weighted by Crippen LogP contribution is -3.09. The van der Waals surface area contributed by atoms with Gasteiger partial charge in [-0.15, -0.1) is 23.0 Å². The van der Waals surface area contributed by atoms with E-state index in [0.29, 0.717) is 12.6 Å². The fraction of sp³-hybridized carbons (Fsp3) is 0.333. The van der Waals surface area contributed by atoms with Crippen molar-refractivity contribution in [1.29, 1.82) is 0 Å². The van der Waals surface area contributed by atoms with E-state index >= 15 is 0 Å². The van der Waals surface area contributed by atoms with Crippen LogP contribution in [0.3, 0.4) is 0 Å². The number of benzene rings is 1. The Morgan fingerprint density at radius 3 is 2.96 bits per heavy atom. The number of ether oxygens (including phenoxy) is 1. The van der Waals surface area contributed by atoms with Crippen LogP contribution in [0, 0.1) is 4.77 Å². The summed E-state index contributed by atoms with van der Waals surface area (Å²) >= 11 is 7.64. The molecule has 1 fully saturated rings. The van der Waals surface area contributed by atoms with Crippen molar-refractivity contribution < 1.29 is 9.64 Å². The molecule has 3 heterocycles. The van der Waals surface area contributed by atoms with E-state index in [4.69, 9.17) is 22.1 Å². The highest BCUT2D eigenvalue weighted by molar-refractivity contribution is 7.71. The zero-order valence-corrected chi connectivity index (χ0v) is 17.6. The number of quaternary nitrogens is 1. The maximum Gasteiger partial charge on any atom is 0.203 e. The van der Waals surface area contributed by atoms with E-state index in [1.165, 1.54) is 22.6 Å². The van der Waals surface area contributed by atoms with E-state index in [-0.39, 0.29) is 0 Å². The Morgan fingerprint density at radius 1 is 1.36 bits per heavy atom. The first-order valence-corrected chi connectivity index (χ1v) is 10.8. The standard InChI is InChI=1S/C21H24N4OS2/c1-3-12-24-20(16-8-4-5-10-18(16)26-2)22-25(21(24)27)15-23-13-6-9-17(23)19-11-7-14-28-19/h3-5,7-8,10-11,14,17H,1,6,9,12-13,15H2,2H3/p+1/t17-/m0/s1. The number of para-hydroxylation sites is 1. The molecule has 3 aromatic rings. The summed E-state index contributed by atoms with van der Waals surface area (Å²) in [6, 6.07) is 12.9. The fourth-order valence-electron chi connectivity index (χ4n) is 3.99. The van der Waals surface area contributed by atoms with Crippen LogP contribution in [0.1, 0.15) is 23.8 Å². The molecule has 0 amide bonds. The second-order valence-corrected chi connectivity index (χ2v) is 8.33. The van der Waals surface area contributed by atoms with Gasteiger partial charge in [-0.25, -0.2) is 0 Å². The molecule has 1 unspecified atom stereocenters. The van der Waals surface area contributed by atoms with Gasteiger partial charge < -0.3 is 9.64 Å². The molecule has 1 saturated heterocycles. The molecular weight excluding hydrogens is 388 g/mol. The number of hydrogen-bond acceptors (Lipinski definition) is 4. The van der Waals surface area contributed by atoms with Crippen LogP contribution in [-0.4, -0.2) is 28.0 Å². The summed E-state index contributed by atoms with van der Waals surface area (Å²) in [5.41, 5.74) is 0.947. The van der Waals surface area contributed by atoms with E-state index in [1.807, 2.05) is 50.9 Å². The monoisotopic (exact) mass is 413 g/mol. The van der Waals surface area contributed by atoms with Crippen LogP contribution in [0.2, 0.25) is 0 Å². The lowest BCUT2D eigenvalue weighted by molar-refractivity contribution is -0.941. The third kappa shape index (κ3) is 3.57. The molecular formula is C21H25N4OS2+. The van der Waals surface area contributed by atoms with Gasteiger partial charge in [-0.3, -0.25) is 4.57 Å². The maximum atomic E-state index is 5.80. The van der Waals surface area contributed by atoms with E-state index in [9.17, 15) is 0 Å². The van der Waals surface area contributed by atoms with Gasteiger partial charge in [-0.2, -0.15) is 4.68 Å². The van der Waals surface area contributed by atoms with Gasteiger partial charge in [0.2, 0.25) is 4.77 Å². The first kappa shape index (κ1) is 19.1. The van der Waals surface area contributed by atoms with E-state index in [2.05, 4.69) is 24.1 Å². The van der Waals surface area contributed by atoms with Crippen molar-refractivity contribution in [1.82, 2.24) is 14.3 Å². The van der Waals surface area contributed by atoms with E-state index in [1.54, 1.807) is 7.11 Å². The second-order valence-electron chi connectivity index (χ2n) is 6.98. The quantitative estimate of drug-likeness (QED) is 0.474. The summed E-state index contributed by atoms with van der Waals surface area (Å²) in [5.74, 6) is 1.62. The molecule has 5 nitrogen and oxygen atoms in total. The van der Waals surface area contributed by atoms with Crippen LogP contribution in [0.5, 0.6) is 5.75 Å². The molecule has 28 heavy (non-hydrogen) atoms. The average molecular weight is 414 g/mol. The van der Waals surface area contributed by atoms with Gasteiger partial charge in [0.05, 0.1) is 24.1 Å². The topological polar surface area (TPSA) is 36.4 Å². The predicted molar refractivity (Wildman–Crippen MR) is 115 cm³/mol. The van der Waals surface area contributed by atoms with E-state index in [0.717, 1.165) is 35.1 Å². The van der Waals surface area contributed by atoms with Crippen LogP contribution >= 0.6 is 23.6 Å². The van der Waals surface area contributed by atoms with Crippen molar-refractivity contribution in [2.24, 2.45) is 0 Å². The molecule has 0 bridgehead atoms. The van der Waals surface area contributed by atoms with Crippen LogP contribution < -0.4 is 9.64 Å². The van der Waals surface area contributed by atoms with Gasteiger partial charge in [0.1, 0.15) is 11.8 Å². The summed E-state index contributed by atoms with van der Waals surface area (Å²) < 4.78 is 10.3. The summed E-state index contributed by atoms with van der Waals surface area (Å²) in [7, 11) is 1.68. The van der Waals surface area contributed by atoms with Gasteiger partial charge in [0, 0.05) is 19.4 Å². The molecule has 0 aliphatic carbocycles. The minimum Gasteiger partial charge on any atom is -0.496 e. The normalized spacial score (nSPS) is 19.0. The van der Waals surface area contributed by atoms with Crippen LogP contribution in [0.25, 0.3) is 11.4 Å². The van der Waals surface area contributed by atoms with Crippen LogP contribution in [-0.2, 0) is 13.2 Å². The van der Waals surface area contributed by atoms with Crippen molar-refractivity contribution in [3.63, 3.8) is 0 Å². The van der Waals surface area contributed by atoms with Crippen molar-refractivity contribution >= 4 is 23.6 Å². The van der Waals surface area contributed by atoms with Gasteiger partial charge in [0.25, 0.3) is 0 Å². The summed E-state index contributed by atoms with van der Waals surface area (Å²) in [5, 5.41) is 7.08. The molecule has 1 aliphatic heterocycles. The molecule has 0 saturated carbocycles. The first-order chi connectivity index (χ1) is 13.7. The molecule has 2 atom stereocenters. The summed E-state index contributed by atoms with van der Waals surface area (Å²) in [4.78, 5) is 2.97. The number of likely N-dealkylation sites (tertiary alicyclic amines) is 1. The van der Waals surface area contributed by atoms with Crippen LogP contribution in [0.15, 0.2) is 54.4 Å². The number of methoxy groups -OCH3 is 1. The number of hydrogen-bond donors (Lipinski definition) is 1. The number of aromatic nitrogens is 3. The highest BCUT2D eigenvalue weighted by Gasteiger charge is 2.31. The first-order valence-electron chi connectivity index (χ1n) is 9.53. The van der Waals surface area contributed by atoms with Gasteiger partial charge in [-0.1, -0.05) is 24.3 Å². The summed E-state index contributed by atoms with van der Waals surface area (Å²) in [6.45, 7) is 6.43. The second kappa shape index (κ2) is 8.43. The Kier molecular flexibility index (Phi) is 5.75. The molecule has 1 N–H and O–H groups in total. The number of allylic oxidation sites excluding steroid dienone is 1. The minimum atomic E-state index is 0.529. The van der Waals surface area contributed by atoms with Gasteiger partial charge >= 0.3 is 0 Å². The minimum absolute atomic E-state index is 0.529. The zero-order valence-electron chi connectivity index (χ0n) is 16.0. The SMILES string of the molecule is C=CCn1c(-c2ccccc2OC)nn(C[NH+]2CCC[C@H]2c2cccs2)c1=S. The van der Waals surface area contributed by atoms with Gasteiger partial charge in [-0.05, 0) is 35.8 Å². The largest absolute Gasteiger partial charge is 0.496 e. The van der Waals surface area contributed by atoms with Crippen molar-refractivity contribution in [2.45, 2.75) is 32.1 Å². The lowest BCUT2D eigenvalue weighted by atomic mass is 10.2. The zero-order chi connectivity index (χ0) is 19.5. The van der Waals surface area contributed by atoms with Crippen molar-refractivity contribution in [2.75, 3.05) is 13.7 Å². The fourth-order valence-corrected chi connectivity index (χ4v) is 5.18. The molecule has 1 aliphatic rings. The Morgan fingerprint density at radius 2 is 2.21 bits per heavy atom. The number of rotatable bonds is 7. The van der Waals surface area contributed by atoms with E-state index < -0.39 is 0 Å². The highest BCUT2D eigenvalue weighted by atomic mass is 32.1.